The summed E-state index contributed by atoms with van der Waals surface area (Å²) < 4.78 is 32.2. The fraction of sp³-hybridized carbons (Fsp3) is 0.381. The van der Waals surface area contributed by atoms with Gasteiger partial charge in [-0.15, -0.1) is 0 Å². The van der Waals surface area contributed by atoms with Crippen LogP contribution in [0.1, 0.15) is 24.0 Å². The van der Waals surface area contributed by atoms with Crippen LogP contribution in [0, 0.1) is 5.92 Å². The largest absolute Gasteiger partial charge is 0.496 e. The first-order valence-corrected chi connectivity index (χ1v) is 11.5. The van der Waals surface area contributed by atoms with Gasteiger partial charge in [0.1, 0.15) is 5.75 Å². The Hall–Kier alpha value is -2.09. The van der Waals surface area contributed by atoms with Crippen molar-refractivity contribution in [2.45, 2.75) is 25.1 Å². The number of hydrogen-bond acceptors (Lipinski definition) is 4. The van der Waals surface area contributed by atoms with Crippen LogP contribution in [0.25, 0.3) is 0 Å². The number of ether oxygens (including phenoxy) is 1. The molecule has 1 amide bonds. The average molecular weight is 437 g/mol. The molecule has 0 aromatic heterocycles. The lowest BCUT2D eigenvalue weighted by Gasteiger charge is -2.30. The van der Waals surface area contributed by atoms with Crippen molar-refractivity contribution in [3.05, 3.63) is 64.7 Å². The normalized spacial score (nSPS) is 15.8. The fourth-order valence-electron chi connectivity index (χ4n) is 3.50. The number of carbonyl (C=O) groups is 1. The van der Waals surface area contributed by atoms with Crippen LogP contribution in [0.5, 0.6) is 5.75 Å². The molecule has 2 aromatic rings. The predicted molar refractivity (Wildman–Crippen MR) is 113 cm³/mol. The van der Waals surface area contributed by atoms with Gasteiger partial charge in [-0.3, -0.25) is 4.79 Å². The van der Waals surface area contributed by atoms with E-state index in [0.717, 1.165) is 11.3 Å². The van der Waals surface area contributed by atoms with Crippen LogP contribution in [0.15, 0.2) is 48.5 Å². The Morgan fingerprint density at radius 3 is 2.59 bits per heavy atom. The standard InChI is InChI=1S/C21H25ClN2O4S/c1-28-20-8-3-2-6-18(20)14-23-21(25)17-9-11-24(12-10-17)29(26,27)15-16-5-4-7-19(22)13-16/h2-8,13,17H,9-12,14-15H2,1H3,(H,23,25). The molecular formula is C21H25ClN2O4S. The molecule has 0 spiro atoms. The molecule has 29 heavy (non-hydrogen) atoms. The Kier molecular flexibility index (Phi) is 7.16. The first-order valence-electron chi connectivity index (χ1n) is 9.51. The highest BCUT2D eigenvalue weighted by molar-refractivity contribution is 7.88. The third kappa shape index (κ3) is 5.72. The van der Waals surface area contributed by atoms with E-state index in [9.17, 15) is 13.2 Å². The number of hydrogen-bond donors (Lipinski definition) is 1. The number of nitrogens with one attached hydrogen (secondary N) is 1. The number of carbonyl (C=O) groups excluding carboxylic acids is 1. The summed E-state index contributed by atoms with van der Waals surface area (Å²) in [7, 11) is -1.84. The summed E-state index contributed by atoms with van der Waals surface area (Å²) in [4.78, 5) is 12.5. The second-order valence-electron chi connectivity index (χ2n) is 7.09. The quantitative estimate of drug-likeness (QED) is 0.723. The Morgan fingerprint density at radius 1 is 1.17 bits per heavy atom. The lowest BCUT2D eigenvalue weighted by molar-refractivity contribution is -0.126. The van der Waals surface area contributed by atoms with E-state index in [-0.39, 0.29) is 17.6 Å². The molecule has 1 heterocycles. The molecule has 0 radical (unpaired) electrons. The monoisotopic (exact) mass is 436 g/mol. The lowest BCUT2D eigenvalue weighted by Crippen LogP contribution is -2.43. The molecule has 3 rings (SSSR count). The van der Waals surface area contributed by atoms with Crippen molar-refractivity contribution in [2.24, 2.45) is 5.92 Å². The van der Waals surface area contributed by atoms with Crippen molar-refractivity contribution in [1.82, 2.24) is 9.62 Å². The van der Waals surface area contributed by atoms with Gasteiger partial charge in [-0.25, -0.2) is 12.7 Å². The van der Waals surface area contributed by atoms with Crippen LogP contribution in [-0.2, 0) is 27.1 Å². The SMILES string of the molecule is COc1ccccc1CNC(=O)C1CCN(S(=O)(=O)Cc2cccc(Cl)c2)CC1. The van der Waals surface area contributed by atoms with Crippen LogP contribution < -0.4 is 10.1 Å². The molecule has 0 aliphatic carbocycles. The van der Waals surface area contributed by atoms with Gasteiger partial charge < -0.3 is 10.1 Å². The van der Waals surface area contributed by atoms with Crippen LogP contribution in [0.2, 0.25) is 5.02 Å². The van der Waals surface area contributed by atoms with Crippen LogP contribution in [0.3, 0.4) is 0 Å². The first kappa shape index (κ1) is 21.6. The maximum atomic E-state index is 12.7. The Labute approximate surface area is 176 Å². The number of para-hydroxylation sites is 1. The highest BCUT2D eigenvalue weighted by Crippen LogP contribution is 2.23. The van der Waals surface area contributed by atoms with Crippen molar-refractivity contribution < 1.29 is 17.9 Å². The van der Waals surface area contributed by atoms with Gasteiger partial charge >= 0.3 is 0 Å². The summed E-state index contributed by atoms with van der Waals surface area (Å²) in [6.07, 6.45) is 1.01. The van der Waals surface area contributed by atoms with Gasteiger partial charge in [0.2, 0.25) is 15.9 Å². The van der Waals surface area contributed by atoms with E-state index >= 15 is 0 Å². The van der Waals surface area contributed by atoms with Crippen molar-refractivity contribution in [3.8, 4) is 5.75 Å². The van der Waals surface area contributed by atoms with Crippen molar-refractivity contribution in [3.63, 3.8) is 0 Å². The number of amides is 1. The van der Waals surface area contributed by atoms with Gasteiger partial charge in [0.05, 0.1) is 12.9 Å². The number of rotatable bonds is 7. The van der Waals surface area contributed by atoms with E-state index in [0.29, 0.717) is 43.1 Å². The molecule has 1 fully saturated rings. The van der Waals surface area contributed by atoms with E-state index < -0.39 is 10.0 Å². The second-order valence-corrected chi connectivity index (χ2v) is 9.49. The minimum Gasteiger partial charge on any atom is -0.496 e. The summed E-state index contributed by atoms with van der Waals surface area (Å²) in [6.45, 7) is 1.07. The number of benzene rings is 2. The molecule has 1 aliphatic rings. The molecule has 1 aliphatic heterocycles. The molecule has 0 bridgehead atoms. The van der Waals surface area contributed by atoms with Crippen LogP contribution in [0.4, 0.5) is 0 Å². The van der Waals surface area contributed by atoms with Gasteiger partial charge in [0, 0.05) is 36.1 Å². The third-order valence-corrected chi connectivity index (χ3v) is 7.19. The van der Waals surface area contributed by atoms with Gasteiger partial charge in [-0.2, -0.15) is 0 Å². The molecule has 0 atom stereocenters. The zero-order valence-electron chi connectivity index (χ0n) is 16.3. The Morgan fingerprint density at radius 2 is 1.90 bits per heavy atom. The van der Waals surface area contributed by atoms with Crippen LogP contribution >= 0.6 is 11.6 Å². The molecule has 156 valence electrons. The molecule has 0 unspecified atom stereocenters. The summed E-state index contributed by atoms with van der Waals surface area (Å²) in [6, 6.07) is 14.4. The number of methoxy groups -OCH3 is 1. The smallest absolute Gasteiger partial charge is 0.223 e. The molecule has 6 nitrogen and oxygen atoms in total. The number of piperidine rings is 1. The van der Waals surface area contributed by atoms with Gasteiger partial charge in [-0.05, 0) is 36.6 Å². The molecule has 2 aromatic carbocycles. The topological polar surface area (TPSA) is 75.7 Å². The van der Waals surface area contributed by atoms with Crippen molar-refractivity contribution >= 4 is 27.5 Å². The molecule has 1 N–H and O–H groups in total. The van der Waals surface area contributed by atoms with Gasteiger partial charge in [0.15, 0.2) is 0 Å². The summed E-state index contributed by atoms with van der Waals surface area (Å²) in [5.74, 6) is 0.401. The Balaban J connectivity index is 1.52. The molecular weight excluding hydrogens is 412 g/mol. The van der Waals surface area contributed by atoms with E-state index in [2.05, 4.69) is 5.32 Å². The minimum atomic E-state index is -3.44. The van der Waals surface area contributed by atoms with Crippen LogP contribution in [-0.4, -0.2) is 38.8 Å². The van der Waals surface area contributed by atoms with Crippen molar-refractivity contribution in [2.75, 3.05) is 20.2 Å². The fourth-order valence-corrected chi connectivity index (χ4v) is 5.26. The zero-order chi connectivity index (χ0) is 20.9. The molecule has 0 saturated carbocycles. The molecule has 1 saturated heterocycles. The van der Waals surface area contributed by atoms with Crippen molar-refractivity contribution in [1.29, 1.82) is 0 Å². The number of sulfonamides is 1. The minimum absolute atomic E-state index is 0.0530. The highest BCUT2D eigenvalue weighted by atomic mass is 35.5. The van der Waals surface area contributed by atoms with Gasteiger partial charge in [-0.1, -0.05) is 41.9 Å². The number of nitrogens with zero attached hydrogens (tertiary/aromatic N) is 1. The maximum Gasteiger partial charge on any atom is 0.223 e. The Bertz CT molecular complexity index is 957. The lowest BCUT2D eigenvalue weighted by atomic mass is 9.97. The summed E-state index contributed by atoms with van der Waals surface area (Å²) >= 11 is 5.95. The summed E-state index contributed by atoms with van der Waals surface area (Å²) in [5, 5.41) is 3.46. The highest BCUT2D eigenvalue weighted by Gasteiger charge is 2.31. The summed E-state index contributed by atoms with van der Waals surface area (Å²) in [5.41, 5.74) is 1.57. The van der Waals surface area contributed by atoms with Gasteiger partial charge in [0.25, 0.3) is 0 Å². The third-order valence-electron chi connectivity index (χ3n) is 5.10. The van der Waals surface area contributed by atoms with E-state index in [1.165, 1.54) is 4.31 Å². The average Bonchev–Trinajstić information content (AvgIpc) is 2.72. The number of halogens is 1. The van der Waals surface area contributed by atoms with E-state index in [1.54, 1.807) is 31.4 Å². The predicted octanol–water partition coefficient (Wildman–Crippen LogP) is 3.21. The second kappa shape index (κ2) is 9.61. The van der Waals surface area contributed by atoms with E-state index in [4.69, 9.17) is 16.3 Å². The zero-order valence-corrected chi connectivity index (χ0v) is 17.9. The van der Waals surface area contributed by atoms with E-state index in [1.807, 2.05) is 24.3 Å². The molecule has 8 heteroatoms. The maximum absolute atomic E-state index is 12.7. The first-order chi connectivity index (χ1) is 13.9.